The minimum atomic E-state index is -1.03. The summed E-state index contributed by atoms with van der Waals surface area (Å²) < 4.78 is 33.6. The second kappa shape index (κ2) is 7.69. The molecule has 0 unspecified atom stereocenters. The summed E-state index contributed by atoms with van der Waals surface area (Å²) in [5.41, 5.74) is 3.11. The summed E-state index contributed by atoms with van der Waals surface area (Å²) in [6, 6.07) is 13.2. The number of ether oxygens (including phenoxy) is 1. The number of esters is 1. The number of amides is 1. The first-order valence-electron chi connectivity index (χ1n) is 9.57. The topological polar surface area (TPSA) is 86.1 Å². The number of anilines is 1. The van der Waals surface area contributed by atoms with Crippen molar-refractivity contribution >= 4 is 17.6 Å². The van der Waals surface area contributed by atoms with Gasteiger partial charge in [-0.1, -0.05) is 0 Å². The van der Waals surface area contributed by atoms with Crippen LogP contribution in [0.15, 0.2) is 67.0 Å². The van der Waals surface area contributed by atoms with Gasteiger partial charge in [-0.05, 0) is 48.5 Å². The fourth-order valence-electron chi connectivity index (χ4n) is 3.44. The number of carbonyl (C=O) groups excluding carboxylic acids is 2. The predicted molar refractivity (Wildman–Crippen MR) is 110 cm³/mol. The number of nitrogens with one attached hydrogen (secondary N) is 1. The summed E-state index contributed by atoms with van der Waals surface area (Å²) in [6.07, 6.45) is 3.15. The van der Waals surface area contributed by atoms with E-state index in [0.717, 1.165) is 12.1 Å². The Morgan fingerprint density at radius 3 is 2.59 bits per heavy atom. The van der Waals surface area contributed by atoms with Crippen LogP contribution in [-0.4, -0.2) is 26.6 Å². The van der Waals surface area contributed by atoms with Crippen molar-refractivity contribution in [2.24, 2.45) is 0 Å². The van der Waals surface area contributed by atoms with Gasteiger partial charge in [0, 0.05) is 35.3 Å². The number of nitrogens with zero attached hydrogens (tertiary/aromatic N) is 3. The highest BCUT2D eigenvalue weighted by molar-refractivity contribution is 6.04. The average molecular weight is 432 g/mol. The van der Waals surface area contributed by atoms with Crippen LogP contribution in [0.5, 0.6) is 0 Å². The smallest absolute Gasteiger partial charge is 0.338 e. The molecule has 1 aliphatic rings. The third-order valence-corrected chi connectivity index (χ3v) is 5.01. The van der Waals surface area contributed by atoms with Crippen LogP contribution < -0.4 is 5.32 Å². The number of carbonyl (C=O) groups is 2. The maximum Gasteiger partial charge on any atom is 0.338 e. The summed E-state index contributed by atoms with van der Waals surface area (Å²) in [7, 11) is 0. The van der Waals surface area contributed by atoms with Gasteiger partial charge in [-0.2, -0.15) is 5.10 Å². The molecule has 9 heteroatoms. The van der Waals surface area contributed by atoms with Gasteiger partial charge in [0.1, 0.15) is 6.61 Å². The van der Waals surface area contributed by atoms with Gasteiger partial charge in [0.2, 0.25) is 0 Å². The molecular weight excluding hydrogens is 418 g/mol. The largest absolute Gasteiger partial charge is 0.457 e. The zero-order valence-corrected chi connectivity index (χ0v) is 16.4. The third-order valence-electron chi connectivity index (χ3n) is 5.01. The van der Waals surface area contributed by atoms with Crippen LogP contribution in [0.2, 0.25) is 0 Å². The van der Waals surface area contributed by atoms with Crippen molar-refractivity contribution in [2.75, 3.05) is 5.32 Å². The van der Waals surface area contributed by atoms with E-state index in [1.54, 1.807) is 48.8 Å². The number of cyclic esters (lactones) is 1. The third kappa shape index (κ3) is 3.49. The number of halogens is 2. The van der Waals surface area contributed by atoms with Crippen LogP contribution in [0, 0.1) is 11.6 Å². The molecule has 158 valence electrons. The summed E-state index contributed by atoms with van der Waals surface area (Å²) in [6.45, 7) is 0.148. The van der Waals surface area contributed by atoms with E-state index in [0.29, 0.717) is 28.1 Å². The van der Waals surface area contributed by atoms with Gasteiger partial charge >= 0.3 is 5.97 Å². The second-order valence-corrected chi connectivity index (χ2v) is 7.06. The molecule has 1 N–H and O–H groups in total. The standard InChI is InChI=1S/C23H14F2N4O3/c24-18-4-2-16(10-19(18)25)29-21(13-5-7-26-8-6-13)11-20(28-29)22(30)27-15-1-3-17-14(9-15)12-32-23(17)31/h1-11H,12H2,(H,27,30). The van der Waals surface area contributed by atoms with Gasteiger partial charge < -0.3 is 10.1 Å². The Morgan fingerprint density at radius 1 is 1.00 bits per heavy atom. The number of hydrogen-bond acceptors (Lipinski definition) is 5. The molecule has 3 heterocycles. The van der Waals surface area contributed by atoms with E-state index in [-0.39, 0.29) is 18.0 Å². The van der Waals surface area contributed by atoms with E-state index in [4.69, 9.17) is 4.74 Å². The lowest BCUT2D eigenvalue weighted by Crippen LogP contribution is -2.13. The van der Waals surface area contributed by atoms with E-state index in [2.05, 4.69) is 15.4 Å². The van der Waals surface area contributed by atoms with Crippen molar-refractivity contribution in [1.29, 1.82) is 0 Å². The normalized spacial score (nSPS) is 12.4. The first-order valence-corrected chi connectivity index (χ1v) is 9.57. The lowest BCUT2D eigenvalue weighted by atomic mass is 10.1. The quantitative estimate of drug-likeness (QED) is 0.490. The molecule has 2 aromatic carbocycles. The van der Waals surface area contributed by atoms with Crippen molar-refractivity contribution in [3.8, 4) is 16.9 Å². The van der Waals surface area contributed by atoms with E-state index in [1.807, 2.05) is 0 Å². The van der Waals surface area contributed by atoms with Crippen molar-refractivity contribution in [2.45, 2.75) is 6.61 Å². The number of aromatic nitrogens is 3. The van der Waals surface area contributed by atoms with E-state index in [9.17, 15) is 18.4 Å². The van der Waals surface area contributed by atoms with Gasteiger partial charge in [0.15, 0.2) is 17.3 Å². The highest BCUT2D eigenvalue weighted by atomic mass is 19.2. The molecule has 0 saturated carbocycles. The lowest BCUT2D eigenvalue weighted by molar-refractivity contribution is 0.0535. The van der Waals surface area contributed by atoms with Crippen molar-refractivity contribution in [3.05, 3.63) is 95.4 Å². The first-order chi connectivity index (χ1) is 15.5. The Labute approximate surface area is 180 Å². The van der Waals surface area contributed by atoms with Crippen LogP contribution in [0.4, 0.5) is 14.5 Å². The van der Waals surface area contributed by atoms with Gasteiger partial charge in [0.05, 0.1) is 16.9 Å². The van der Waals surface area contributed by atoms with E-state index < -0.39 is 23.5 Å². The Balaban J connectivity index is 1.51. The number of pyridine rings is 1. The monoisotopic (exact) mass is 432 g/mol. The molecule has 7 nitrogen and oxygen atoms in total. The predicted octanol–water partition coefficient (Wildman–Crippen LogP) is 4.14. The molecule has 1 aliphatic heterocycles. The molecule has 2 aromatic heterocycles. The minimum absolute atomic E-state index is 0.0642. The maximum atomic E-state index is 13.8. The molecule has 0 bridgehead atoms. The zero-order chi connectivity index (χ0) is 22.2. The zero-order valence-electron chi connectivity index (χ0n) is 16.4. The number of rotatable bonds is 4. The highest BCUT2D eigenvalue weighted by Crippen LogP contribution is 2.26. The van der Waals surface area contributed by atoms with Gasteiger partial charge in [-0.25, -0.2) is 18.3 Å². The fraction of sp³-hybridized carbons (Fsp3) is 0.0435. The molecule has 4 aromatic rings. The molecule has 0 atom stereocenters. The lowest BCUT2D eigenvalue weighted by Gasteiger charge is -2.08. The number of fused-ring (bicyclic) bond motifs is 1. The van der Waals surface area contributed by atoms with Crippen molar-refractivity contribution in [1.82, 2.24) is 14.8 Å². The molecule has 0 saturated heterocycles. The fourth-order valence-corrected chi connectivity index (χ4v) is 3.44. The molecule has 5 rings (SSSR count). The Hall–Kier alpha value is -4.40. The SMILES string of the molecule is O=C(Nc1ccc2c(c1)COC2=O)c1cc(-c2ccncc2)n(-c2ccc(F)c(F)c2)n1. The van der Waals surface area contributed by atoms with Crippen LogP contribution in [-0.2, 0) is 11.3 Å². The molecule has 0 fully saturated rings. The summed E-state index contributed by atoms with van der Waals surface area (Å²) in [5, 5.41) is 7.06. The number of hydrogen-bond donors (Lipinski definition) is 1. The summed E-state index contributed by atoms with van der Waals surface area (Å²) in [5.74, 6) is -2.92. The minimum Gasteiger partial charge on any atom is -0.457 e. The maximum absolute atomic E-state index is 13.8. The molecule has 0 radical (unpaired) electrons. The van der Waals surface area contributed by atoms with Gasteiger partial charge in [0.25, 0.3) is 5.91 Å². The van der Waals surface area contributed by atoms with Crippen LogP contribution in [0.3, 0.4) is 0 Å². The van der Waals surface area contributed by atoms with Crippen LogP contribution in [0.25, 0.3) is 16.9 Å². The molecule has 32 heavy (non-hydrogen) atoms. The first kappa shape index (κ1) is 19.6. The Morgan fingerprint density at radius 2 is 1.81 bits per heavy atom. The second-order valence-electron chi connectivity index (χ2n) is 7.06. The van der Waals surface area contributed by atoms with Crippen molar-refractivity contribution in [3.63, 3.8) is 0 Å². The Kier molecular flexibility index (Phi) is 4.70. The molecule has 0 aliphatic carbocycles. The van der Waals surface area contributed by atoms with E-state index >= 15 is 0 Å². The highest BCUT2D eigenvalue weighted by Gasteiger charge is 2.22. The van der Waals surface area contributed by atoms with E-state index in [1.165, 1.54) is 10.7 Å². The van der Waals surface area contributed by atoms with Gasteiger partial charge in [-0.15, -0.1) is 0 Å². The summed E-state index contributed by atoms with van der Waals surface area (Å²) >= 11 is 0. The van der Waals surface area contributed by atoms with Crippen LogP contribution in [0.1, 0.15) is 26.4 Å². The van der Waals surface area contributed by atoms with Gasteiger partial charge in [-0.3, -0.25) is 9.78 Å². The number of benzene rings is 2. The Bertz CT molecular complexity index is 1370. The molecular formula is C23H14F2N4O3. The van der Waals surface area contributed by atoms with Crippen LogP contribution >= 0.6 is 0 Å². The van der Waals surface area contributed by atoms with Crippen molar-refractivity contribution < 1.29 is 23.1 Å². The average Bonchev–Trinajstić information content (AvgIpc) is 3.41. The molecule has 0 spiro atoms. The summed E-state index contributed by atoms with van der Waals surface area (Å²) in [4.78, 5) is 28.5. The molecule has 1 amide bonds.